The molecule has 164 valence electrons. The van der Waals surface area contributed by atoms with Crippen molar-refractivity contribution in [1.82, 2.24) is 4.72 Å². The molecule has 0 saturated carbocycles. The summed E-state index contributed by atoms with van der Waals surface area (Å²) in [5.74, 6) is -6.40. The van der Waals surface area contributed by atoms with Gasteiger partial charge in [0.15, 0.2) is 0 Å². The number of nitrogens with one attached hydrogen (secondary N) is 1. The first kappa shape index (κ1) is 26.2. The lowest BCUT2D eigenvalue weighted by atomic mass is 9.94. The average molecular weight is 443 g/mol. The van der Waals surface area contributed by atoms with E-state index in [0.29, 0.717) is 0 Å². The van der Waals surface area contributed by atoms with Crippen LogP contribution in [0.15, 0.2) is 0 Å². The van der Waals surface area contributed by atoms with E-state index < -0.39 is 57.2 Å². The largest absolute Gasteiger partial charge is 0.431 e. The molecule has 0 fully saturated rings. The Labute approximate surface area is 149 Å². The van der Waals surface area contributed by atoms with Crippen molar-refractivity contribution < 1.29 is 57.8 Å². The van der Waals surface area contributed by atoms with E-state index in [9.17, 15) is 53.1 Å². The van der Waals surface area contributed by atoms with Crippen LogP contribution in [0.5, 0.6) is 0 Å². The molecule has 0 aliphatic rings. The molecular formula is C12H20F9N2O3S+. The van der Waals surface area contributed by atoms with E-state index in [-0.39, 0.29) is 19.5 Å². The van der Waals surface area contributed by atoms with Gasteiger partial charge in [-0.2, -0.15) is 31.0 Å². The molecule has 15 heteroatoms. The zero-order valence-electron chi connectivity index (χ0n) is 14.3. The van der Waals surface area contributed by atoms with E-state index in [1.165, 1.54) is 14.1 Å². The van der Waals surface area contributed by atoms with Gasteiger partial charge in [-0.05, 0) is 0 Å². The molecule has 0 rings (SSSR count). The number of alkyl halides is 9. The molecule has 2 N–H and O–H groups in total. The van der Waals surface area contributed by atoms with E-state index in [1.54, 1.807) is 0 Å². The summed E-state index contributed by atoms with van der Waals surface area (Å²) in [6.45, 7) is -0.242. The highest BCUT2D eigenvalue weighted by molar-refractivity contribution is 7.89. The topological polar surface area (TPSA) is 66.4 Å². The SMILES string of the molecule is C[N+](C)(O)CCCNS(=O)(=O)CCC(F)(F)CC(F)(C(F)(F)F)C(F)(F)F. The number of rotatable bonds is 10. The van der Waals surface area contributed by atoms with Crippen LogP contribution < -0.4 is 4.72 Å². The Morgan fingerprint density at radius 1 is 0.926 bits per heavy atom. The Bertz CT molecular complexity index is 568. The number of quaternary nitrogens is 1. The summed E-state index contributed by atoms with van der Waals surface area (Å²) in [6.07, 6.45) is -18.5. The third-order valence-corrected chi connectivity index (χ3v) is 4.73. The summed E-state index contributed by atoms with van der Waals surface area (Å²) in [4.78, 5) is 0. The first-order chi connectivity index (χ1) is 11.6. The second-order valence-corrected chi connectivity index (χ2v) is 8.42. The van der Waals surface area contributed by atoms with Crippen molar-refractivity contribution in [1.29, 1.82) is 0 Å². The van der Waals surface area contributed by atoms with E-state index in [4.69, 9.17) is 0 Å². The Morgan fingerprint density at radius 2 is 1.37 bits per heavy atom. The van der Waals surface area contributed by atoms with Crippen molar-refractivity contribution in [3.63, 3.8) is 0 Å². The van der Waals surface area contributed by atoms with Crippen LogP contribution in [0.2, 0.25) is 0 Å². The molecule has 0 spiro atoms. The van der Waals surface area contributed by atoms with E-state index >= 15 is 0 Å². The first-order valence-corrected chi connectivity index (χ1v) is 9.00. The van der Waals surface area contributed by atoms with Gasteiger partial charge in [-0.15, -0.1) is 0 Å². The van der Waals surface area contributed by atoms with Gasteiger partial charge in [-0.3, -0.25) is 0 Å². The predicted molar refractivity (Wildman–Crippen MR) is 75.3 cm³/mol. The highest BCUT2D eigenvalue weighted by Crippen LogP contribution is 2.51. The molecule has 5 nitrogen and oxygen atoms in total. The van der Waals surface area contributed by atoms with Crippen LogP contribution in [0.4, 0.5) is 39.5 Å². The van der Waals surface area contributed by atoms with Crippen molar-refractivity contribution >= 4 is 10.0 Å². The molecule has 0 aromatic carbocycles. The molecule has 0 aromatic rings. The second kappa shape index (κ2) is 8.29. The van der Waals surface area contributed by atoms with Crippen molar-refractivity contribution in [2.45, 2.75) is 43.2 Å². The van der Waals surface area contributed by atoms with Crippen LogP contribution in [0, 0.1) is 0 Å². The quantitative estimate of drug-likeness (QED) is 0.236. The van der Waals surface area contributed by atoms with Gasteiger partial charge in [0.2, 0.25) is 10.0 Å². The van der Waals surface area contributed by atoms with Crippen molar-refractivity contribution in [3.05, 3.63) is 0 Å². The molecule has 0 heterocycles. The van der Waals surface area contributed by atoms with Crippen molar-refractivity contribution in [2.24, 2.45) is 0 Å². The highest BCUT2D eigenvalue weighted by atomic mass is 32.2. The second-order valence-electron chi connectivity index (χ2n) is 6.49. The Hall–Kier alpha value is -0.800. The minimum Gasteiger partial charge on any atom is -0.223 e. The summed E-state index contributed by atoms with van der Waals surface area (Å²) in [5.41, 5.74) is -6.18. The van der Waals surface area contributed by atoms with E-state index in [2.05, 4.69) is 0 Å². The van der Waals surface area contributed by atoms with Gasteiger partial charge in [0, 0.05) is 19.4 Å². The fraction of sp³-hybridized carbons (Fsp3) is 1.00. The van der Waals surface area contributed by atoms with Gasteiger partial charge in [0.05, 0.1) is 26.3 Å². The van der Waals surface area contributed by atoms with Gasteiger partial charge < -0.3 is 0 Å². The number of halogens is 9. The predicted octanol–water partition coefficient (Wildman–Crippen LogP) is 3.01. The lowest BCUT2D eigenvalue weighted by Crippen LogP contribution is -2.56. The fourth-order valence-electron chi connectivity index (χ4n) is 1.86. The molecule has 0 unspecified atom stereocenters. The molecule has 0 saturated heterocycles. The Kier molecular flexibility index (Phi) is 8.04. The summed E-state index contributed by atoms with van der Waals surface area (Å²) in [7, 11) is -1.74. The van der Waals surface area contributed by atoms with Crippen LogP contribution >= 0.6 is 0 Å². The van der Waals surface area contributed by atoms with Gasteiger partial charge >= 0.3 is 18.0 Å². The maximum Gasteiger partial charge on any atom is 0.431 e. The Balaban J connectivity index is 4.91. The molecule has 0 aliphatic heterocycles. The van der Waals surface area contributed by atoms with Crippen LogP contribution in [-0.4, -0.2) is 75.2 Å². The fourth-order valence-corrected chi connectivity index (χ4v) is 3.02. The molecular weight excluding hydrogens is 423 g/mol. The van der Waals surface area contributed by atoms with Crippen LogP contribution in [0.3, 0.4) is 0 Å². The first-order valence-electron chi connectivity index (χ1n) is 7.35. The molecule has 0 bridgehead atoms. The van der Waals surface area contributed by atoms with Crippen molar-refractivity contribution in [2.75, 3.05) is 32.9 Å². The van der Waals surface area contributed by atoms with Crippen molar-refractivity contribution in [3.8, 4) is 0 Å². The van der Waals surface area contributed by atoms with E-state index in [1.807, 2.05) is 4.72 Å². The summed E-state index contributed by atoms with van der Waals surface area (Å²) < 4.78 is 139. The number of hydroxylamine groups is 3. The zero-order valence-corrected chi connectivity index (χ0v) is 15.1. The average Bonchev–Trinajstić information content (AvgIpc) is 2.38. The highest BCUT2D eigenvalue weighted by Gasteiger charge is 2.74. The lowest BCUT2D eigenvalue weighted by Gasteiger charge is -2.32. The third-order valence-electron chi connectivity index (χ3n) is 3.34. The Morgan fingerprint density at radius 3 is 1.74 bits per heavy atom. The van der Waals surface area contributed by atoms with Gasteiger partial charge in [-0.25, -0.2) is 31.5 Å². The summed E-state index contributed by atoms with van der Waals surface area (Å²) in [6, 6.07) is 0. The number of hydrogen-bond acceptors (Lipinski definition) is 3. The maximum atomic E-state index is 13.5. The zero-order chi connectivity index (χ0) is 21.9. The van der Waals surface area contributed by atoms with Crippen LogP contribution in [0.1, 0.15) is 19.3 Å². The third kappa shape index (κ3) is 8.83. The molecule has 0 radical (unpaired) electrons. The molecule has 0 aromatic heterocycles. The standard InChI is InChI=1S/C12H20F9N2O3S/c1-23(2,24)6-3-5-22-27(25,26)7-4-9(13,14)8-10(15,11(16,17)18)12(19,20)21/h22,24H,3-8H2,1-2H3/q+1. The minimum atomic E-state index is -6.65. The number of nitrogens with zero attached hydrogens (tertiary/aromatic N) is 1. The van der Waals surface area contributed by atoms with Gasteiger partial charge in [-0.1, -0.05) is 0 Å². The summed E-state index contributed by atoms with van der Waals surface area (Å²) >= 11 is 0. The maximum absolute atomic E-state index is 13.5. The lowest BCUT2D eigenvalue weighted by molar-refractivity contribution is -1.07. The molecule has 0 atom stereocenters. The number of sulfonamides is 1. The minimum absolute atomic E-state index is 0.0643. The monoisotopic (exact) mass is 443 g/mol. The van der Waals surface area contributed by atoms with Crippen LogP contribution in [0.25, 0.3) is 0 Å². The van der Waals surface area contributed by atoms with E-state index in [0.717, 1.165) is 0 Å². The molecule has 27 heavy (non-hydrogen) atoms. The molecule has 0 amide bonds. The smallest absolute Gasteiger partial charge is 0.223 e. The molecule has 0 aliphatic carbocycles. The van der Waals surface area contributed by atoms with Gasteiger partial charge in [0.25, 0.3) is 5.92 Å². The van der Waals surface area contributed by atoms with Crippen LogP contribution in [-0.2, 0) is 10.0 Å². The van der Waals surface area contributed by atoms with Gasteiger partial charge in [0.1, 0.15) is 6.54 Å². The normalized spacial score (nSPS) is 15.3. The summed E-state index contributed by atoms with van der Waals surface area (Å²) in [5, 5.41) is 9.34. The number of hydrogen-bond donors (Lipinski definition) is 2.